The van der Waals surface area contributed by atoms with Crippen LogP contribution in [0.5, 0.6) is 5.75 Å². The van der Waals surface area contributed by atoms with E-state index in [1.165, 1.54) is 0 Å². The van der Waals surface area contributed by atoms with Crippen LogP contribution in [0.15, 0.2) is 140 Å². The fourth-order valence-electron chi connectivity index (χ4n) is 5.41. The fraction of sp³-hybridized carbons (Fsp3) is 0. The predicted molar refractivity (Wildman–Crippen MR) is 165 cm³/mol. The molecule has 2 aromatic heterocycles. The molecular formula is C35H25BN2O2. The van der Waals surface area contributed by atoms with E-state index in [1.807, 2.05) is 48.5 Å². The standard InChI is InChI=1S/C35H25BN2O2/c39-36-40-29-19-20-35-31(23-29)30-13-7-8-14-34(30)38(35)28-17-15-26(16-18-28)33-22-27(24-9-3-1-4-10-24)21-32(37-33)25-11-5-2-6-12-25/h1-23,36,39H. The molecule has 4 nitrogen and oxygen atoms in total. The van der Waals surface area contributed by atoms with Crippen molar-refractivity contribution in [2.45, 2.75) is 0 Å². The minimum absolute atomic E-state index is 0.350. The summed E-state index contributed by atoms with van der Waals surface area (Å²) in [6, 6.07) is 48.0. The second-order valence-electron chi connectivity index (χ2n) is 9.71. The summed E-state index contributed by atoms with van der Waals surface area (Å²) in [4.78, 5) is 5.08. The molecule has 7 rings (SSSR count). The van der Waals surface area contributed by atoms with Crippen molar-refractivity contribution in [3.05, 3.63) is 140 Å². The van der Waals surface area contributed by atoms with Gasteiger partial charge in [0.1, 0.15) is 5.75 Å². The zero-order valence-corrected chi connectivity index (χ0v) is 21.7. The van der Waals surface area contributed by atoms with E-state index in [0.717, 1.165) is 61.1 Å². The molecule has 1 N–H and O–H groups in total. The molecule has 0 radical (unpaired) electrons. The molecule has 0 bridgehead atoms. The quantitative estimate of drug-likeness (QED) is 0.229. The van der Waals surface area contributed by atoms with E-state index >= 15 is 0 Å². The van der Waals surface area contributed by atoms with Gasteiger partial charge in [0.25, 0.3) is 0 Å². The third kappa shape index (κ3) is 4.33. The summed E-state index contributed by atoms with van der Waals surface area (Å²) >= 11 is 0. The number of hydrogen-bond acceptors (Lipinski definition) is 3. The summed E-state index contributed by atoms with van der Waals surface area (Å²) in [6.45, 7) is 0. The first-order chi connectivity index (χ1) is 19.8. The van der Waals surface area contributed by atoms with Gasteiger partial charge in [-0.2, -0.15) is 0 Å². The number of aromatic nitrogens is 2. The lowest BCUT2D eigenvalue weighted by Crippen LogP contribution is -1.99. The second kappa shape index (κ2) is 10.2. The predicted octanol–water partition coefficient (Wildman–Crippen LogP) is 7.82. The summed E-state index contributed by atoms with van der Waals surface area (Å²) < 4.78 is 7.63. The van der Waals surface area contributed by atoms with Crippen LogP contribution in [0.3, 0.4) is 0 Å². The van der Waals surface area contributed by atoms with Gasteiger partial charge in [-0.1, -0.05) is 91.0 Å². The number of fused-ring (bicyclic) bond motifs is 3. The van der Waals surface area contributed by atoms with Crippen molar-refractivity contribution < 1.29 is 9.68 Å². The van der Waals surface area contributed by atoms with E-state index in [2.05, 4.69) is 95.6 Å². The summed E-state index contributed by atoms with van der Waals surface area (Å²) in [5.41, 5.74) is 9.58. The smallest absolute Gasteiger partial charge is 0.504 e. The molecule has 0 atom stereocenters. The highest BCUT2D eigenvalue weighted by atomic mass is 16.5. The van der Waals surface area contributed by atoms with Crippen molar-refractivity contribution in [1.29, 1.82) is 0 Å². The number of rotatable bonds is 6. The highest BCUT2D eigenvalue weighted by molar-refractivity contribution is 6.17. The van der Waals surface area contributed by atoms with E-state index in [-0.39, 0.29) is 7.69 Å². The third-order valence-corrected chi connectivity index (χ3v) is 7.30. The third-order valence-electron chi connectivity index (χ3n) is 7.30. The largest absolute Gasteiger partial charge is 0.539 e. The minimum Gasteiger partial charge on any atom is -0.539 e. The molecular weight excluding hydrogens is 491 g/mol. The van der Waals surface area contributed by atoms with Crippen LogP contribution in [-0.4, -0.2) is 22.3 Å². The lowest BCUT2D eigenvalue weighted by molar-refractivity contribution is 0.454. The summed E-state index contributed by atoms with van der Waals surface area (Å²) in [6.07, 6.45) is 0. The van der Waals surface area contributed by atoms with Crippen molar-refractivity contribution >= 4 is 29.5 Å². The van der Waals surface area contributed by atoms with Crippen molar-refractivity contribution in [2.24, 2.45) is 0 Å². The Morgan fingerprint density at radius 2 is 1.12 bits per heavy atom. The first-order valence-electron chi connectivity index (χ1n) is 13.3. The Balaban J connectivity index is 1.35. The number of hydrogen-bond donors (Lipinski definition) is 1. The van der Waals surface area contributed by atoms with E-state index in [4.69, 9.17) is 9.64 Å². The van der Waals surface area contributed by atoms with Gasteiger partial charge in [0.05, 0.1) is 22.4 Å². The maximum atomic E-state index is 9.24. The first kappa shape index (κ1) is 24.0. The highest BCUT2D eigenvalue weighted by Crippen LogP contribution is 2.35. The van der Waals surface area contributed by atoms with Gasteiger partial charge >= 0.3 is 7.69 Å². The molecule has 0 amide bonds. The molecule has 7 aromatic rings. The van der Waals surface area contributed by atoms with E-state index in [0.29, 0.717) is 5.75 Å². The molecule has 0 saturated heterocycles. The van der Waals surface area contributed by atoms with Gasteiger partial charge in [-0.15, -0.1) is 0 Å². The van der Waals surface area contributed by atoms with Crippen molar-refractivity contribution in [3.63, 3.8) is 0 Å². The number of para-hydroxylation sites is 1. The molecule has 0 unspecified atom stereocenters. The molecule has 5 aromatic carbocycles. The average Bonchev–Trinajstić information content (AvgIpc) is 3.36. The Morgan fingerprint density at radius 3 is 1.82 bits per heavy atom. The zero-order chi connectivity index (χ0) is 26.9. The summed E-state index contributed by atoms with van der Waals surface area (Å²) in [5.74, 6) is 0.645. The second-order valence-corrected chi connectivity index (χ2v) is 9.71. The minimum atomic E-state index is -0.350. The van der Waals surface area contributed by atoms with Crippen LogP contribution in [-0.2, 0) is 0 Å². The van der Waals surface area contributed by atoms with Crippen LogP contribution in [0.2, 0.25) is 0 Å². The normalized spacial score (nSPS) is 11.1. The average molecular weight is 516 g/mol. The topological polar surface area (TPSA) is 47.3 Å². The maximum absolute atomic E-state index is 9.24. The van der Waals surface area contributed by atoms with Gasteiger partial charge in [-0.3, -0.25) is 0 Å². The first-order valence-corrected chi connectivity index (χ1v) is 13.3. The molecule has 0 aliphatic rings. The molecule has 2 heterocycles. The molecule has 0 fully saturated rings. The summed E-state index contributed by atoms with van der Waals surface area (Å²) in [5, 5.41) is 11.5. The number of nitrogens with zero attached hydrogens (tertiary/aromatic N) is 2. The Morgan fingerprint density at radius 1 is 0.525 bits per heavy atom. The van der Waals surface area contributed by atoms with Crippen molar-refractivity contribution in [1.82, 2.24) is 9.55 Å². The van der Waals surface area contributed by atoms with Gasteiger partial charge in [0, 0.05) is 27.6 Å². The lowest BCUT2D eigenvalue weighted by Gasteiger charge is -2.12. The molecule has 0 aliphatic carbocycles. The Kier molecular flexibility index (Phi) is 6.12. The molecule has 0 aliphatic heterocycles. The fourth-order valence-corrected chi connectivity index (χ4v) is 5.41. The Bertz CT molecular complexity index is 1890. The van der Waals surface area contributed by atoms with Crippen LogP contribution in [0.4, 0.5) is 0 Å². The van der Waals surface area contributed by atoms with Gasteiger partial charge in [-0.25, -0.2) is 4.98 Å². The molecule has 0 saturated carbocycles. The number of benzene rings is 5. The SMILES string of the molecule is OBOc1ccc2c(c1)c1ccccc1n2-c1ccc(-c2cc(-c3ccccc3)cc(-c3ccccc3)n2)cc1. The van der Waals surface area contributed by atoms with Gasteiger partial charge < -0.3 is 14.2 Å². The van der Waals surface area contributed by atoms with Crippen LogP contribution >= 0.6 is 0 Å². The molecule has 190 valence electrons. The Labute approximate surface area is 233 Å². The van der Waals surface area contributed by atoms with Crippen LogP contribution in [0.1, 0.15) is 0 Å². The van der Waals surface area contributed by atoms with Crippen molar-refractivity contribution in [2.75, 3.05) is 0 Å². The number of pyridine rings is 1. The summed E-state index contributed by atoms with van der Waals surface area (Å²) in [7, 11) is -0.350. The van der Waals surface area contributed by atoms with E-state index in [9.17, 15) is 5.02 Å². The van der Waals surface area contributed by atoms with Crippen molar-refractivity contribution in [3.8, 4) is 45.1 Å². The van der Waals surface area contributed by atoms with Crippen LogP contribution in [0.25, 0.3) is 61.1 Å². The zero-order valence-electron chi connectivity index (χ0n) is 21.7. The maximum Gasteiger partial charge on any atom is 0.504 e. The van der Waals surface area contributed by atoms with E-state index < -0.39 is 0 Å². The van der Waals surface area contributed by atoms with Crippen LogP contribution < -0.4 is 4.65 Å². The van der Waals surface area contributed by atoms with Gasteiger partial charge in [0.2, 0.25) is 0 Å². The molecule has 40 heavy (non-hydrogen) atoms. The van der Waals surface area contributed by atoms with E-state index in [1.54, 1.807) is 0 Å². The highest BCUT2D eigenvalue weighted by Gasteiger charge is 2.14. The lowest BCUT2D eigenvalue weighted by atomic mass is 10.00. The van der Waals surface area contributed by atoms with Gasteiger partial charge in [0.15, 0.2) is 0 Å². The monoisotopic (exact) mass is 516 g/mol. The molecule has 0 spiro atoms. The Hall–Kier alpha value is -5.13. The van der Waals surface area contributed by atoms with Gasteiger partial charge in [-0.05, 0) is 59.7 Å². The molecule has 5 heteroatoms. The van der Waals surface area contributed by atoms with Crippen LogP contribution in [0, 0.1) is 0 Å².